The summed E-state index contributed by atoms with van der Waals surface area (Å²) in [5.74, 6) is -0.758. The predicted octanol–water partition coefficient (Wildman–Crippen LogP) is 3.73. The molecule has 0 fully saturated rings. The van der Waals surface area contributed by atoms with Gasteiger partial charge in [-0.25, -0.2) is 4.39 Å². The number of sulfonamides is 1. The summed E-state index contributed by atoms with van der Waals surface area (Å²) in [7, 11) is -4.12. The molecule has 0 radical (unpaired) electrons. The van der Waals surface area contributed by atoms with E-state index in [2.05, 4.69) is 34.1 Å². The van der Waals surface area contributed by atoms with Crippen LogP contribution in [-0.4, -0.2) is 24.5 Å². The van der Waals surface area contributed by atoms with Gasteiger partial charge < -0.3 is 5.32 Å². The summed E-state index contributed by atoms with van der Waals surface area (Å²) in [6, 6.07) is 12.1. The molecular formula is C19H19FN4O3S. The molecule has 1 aromatic heterocycles. The van der Waals surface area contributed by atoms with Crippen molar-refractivity contribution >= 4 is 27.3 Å². The number of hydrogen-bond donors (Lipinski definition) is 3. The fraction of sp³-hybridized carbons (Fsp3) is 0.158. The Morgan fingerprint density at radius 2 is 1.64 bits per heavy atom. The van der Waals surface area contributed by atoms with Crippen molar-refractivity contribution in [3.63, 3.8) is 0 Å². The quantitative estimate of drug-likeness (QED) is 0.584. The molecule has 1 heterocycles. The highest BCUT2D eigenvalue weighted by Gasteiger charge is 2.25. The van der Waals surface area contributed by atoms with Crippen molar-refractivity contribution in [1.29, 1.82) is 0 Å². The molecule has 1 amide bonds. The summed E-state index contributed by atoms with van der Waals surface area (Å²) < 4.78 is 40.5. The number of rotatable bonds is 6. The molecule has 0 aliphatic carbocycles. The molecule has 0 atom stereocenters. The van der Waals surface area contributed by atoms with E-state index in [9.17, 15) is 17.6 Å². The standard InChI is InChI=1S/C19H19FN4O3S/c1-12(2)13-3-7-15(8-4-13)22-18(25)17-11-21-23-19(17)28(26,27)24-16-9-5-14(20)6-10-16/h3-12,24H,1-2H3,(H,21,23)(H,22,25). The summed E-state index contributed by atoms with van der Waals surface area (Å²) in [5, 5.41) is 8.28. The van der Waals surface area contributed by atoms with Crippen molar-refractivity contribution in [2.45, 2.75) is 24.8 Å². The molecule has 0 saturated carbocycles. The summed E-state index contributed by atoms with van der Waals surface area (Å²) in [4.78, 5) is 12.5. The van der Waals surface area contributed by atoms with Crippen LogP contribution in [0.4, 0.5) is 15.8 Å². The molecular weight excluding hydrogens is 383 g/mol. The zero-order valence-electron chi connectivity index (χ0n) is 15.2. The molecule has 2 aromatic carbocycles. The van der Waals surface area contributed by atoms with Crippen LogP contribution >= 0.6 is 0 Å². The lowest BCUT2D eigenvalue weighted by atomic mass is 10.0. The number of anilines is 2. The summed E-state index contributed by atoms with van der Waals surface area (Å²) in [5.41, 5.74) is 1.67. The molecule has 0 saturated heterocycles. The highest BCUT2D eigenvalue weighted by molar-refractivity contribution is 7.92. The Morgan fingerprint density at radius 3 is 2.25 bits per heavy atom. The van der Waals surface area contributed by atoms with Gasteiger partial charge in [0, 0.05) is 11.4 Å². The first-order valence-corrected chi connectivity index (χ1v) is 9.97. The van der Waals surface area contributed by atoms with E-state index in [1.54, 1.807) is 12.1 Å². The minimum Gasteiger partial charge on any atom is -0.322 e. The van der Waals surface area contributed by atoms with Crippen LogP contribution in [0.15, 0.2) is 59.8 Å². The number of aromatic amines is 1. The lowest BCUT2D eigenvalue weighted by Crippen LogP contribution is -2.19. The van der Waals surface area contributed by atoms with E-state index < -0.39 is 21.7 Å². The molecule has 28 heavy (non-hydrogen) atoms. The Kier molecular flexibility index (Phi) is 5.46. The van der Waals surface area contributed by atoms with Gasteiger partial charge in [-0.2, -0.15) is 13.5 Å². The molecule has 3 aromatic rings. The number of halogens is 1. The zero-order valence-corrected chi connectivity index (χ0v) is 16.0. The highest BCUT2D eigenvalue weighted by Crippen LogP contribution is 2.21. The maximum absolute atomic E-state index is 13.0. The van der Waals surface area contributed by atoms with Gasteiger partial charge in [-0.05, 0) is 47.9 Å². The van der Waals surface area contributed by atoms with Gasteiger partial charge in [0.15, 0.2) is 5.03 Å². The highest BCUT2D eigenvalue weighted by atomic mass is 32.2. The number of nitrogens with zero attached hydrogens (tertiary/aromatic N) is 1. The van der Waals surface area contributed by atoms with Gasteiger partial charge in [0.2, 0.25) is 0 Å². The van der Waals surface area contributed by atoms with E-state index in [0.717, 1.165) is 23.9 Å². The Hall–Kier alpha value is -3.20. The van der Waals surface area contributed by atoms with E-state index in [4.69, 9.17) is 0 Å². The molecule has 7 nitrogen and oxygen atoms in total. The zero-order chi connectivity index (χ0) is 20.3. The van der Waals surface area contributed by atoms with Gasteiger partial charge >= 0.3 is 0 Å². The average molecular weight is 402 g/mol. The second-order valence-electron chi connectivity index (χ2n) is 6.46. The van der Waals surface area contributed by atoms with Crippen molar-refractivity contribution in [1.82, 2.24) is 10.2 Å². The van der Waals surface area contributed by atoms with Crippen molar-refractivity contribution in [3.05, 3.63) is 71.7 Å². The molecule has 9 heteroatoms. The molecule has 0 unspecified atom stereocenters. The lowest BCUT2D eigenvalue weighted by molar-refractivity contribution is 0.102. The van der Waals surface area contributed by atoms with Gasteiger partial charge in [0.1, 0.15) is 5.82 Å². The number of nitrogens with one attached hydrogen (secondary N) is 3. The van der Waals surface area contributed by atoms with Crippen LogP contribution < -0.4 is 10.0 Å². The first-order chi connectivity index (χ1) is 13.3. The second-order valence-corrected chi connectivity index (χ2v) is 8.08. The summed E-state index contributed by atoms with van der Waals surface area (Å²) in [6.07, 6.45) is 1.14. The number of H-pyrrole nitrogens is 1. The molecule has 146 valence electrons. The van der Waals surface area contributed by atoms with Gasteiger partial charge in [-0.3, -0.25) is 14.6 Å². The van der Waals surface area contributed by atoms with Crippen LogP contribution in [0.1, 0.15) is 35.7 Å². The molecule has 3 rings (SSSR count). The van der Waals surface area contributed by atoms with E-state index >= 15 is 0 Å². The number of benzene rings is 2. The van der Waals surface area contributed by atoms with E-state index in [-0.39, 0.29) is 16.3 Å². The van der Waals surface area contributed by atoms with Crippen molar-refractivity contribution in [2.24, 2.45) is 0 Å². The minimum atomic E-state index is -4.12. The third-order valence-corrected chi connectivity index (χ3v) is 5.40. The van der Waals surface area contributed by atoms with Crippen LogP contribution in [0.3, 0.4) is 0 Å². The smallest absolute Gasteiger partial charge is 0.279 e. The Balaban J connectivity index is 1.80. The first kappa shape index (κ1) is 19.6. The normalized spacial score (nSPS) is 11.4. The van der Waals surface area contributed by atoms with Crippen LogP contribution in [0, 0.1) is 5.82 Å². The van der Waals surface area contributed by atoms with Crippen LogP contribution in [0.2, 0.25) is 0 Å². The maximum Gasteiger partial charge on any atom is 0.279 e. The molecule has 3 N–H and O–H groups in total. The number of carbonyl (C=O) groups excluding carboxylic acids is 1. The largest absolute Gasteiger partial charge is 0.322 e. The minimum absolute atomic E-state index is 0.137. The predicted molar refractivity (Wildman–Crippen MR) is 104 cm³/mol. The first-order valence-electron chi connectivity index (χ1n) is 8.49. The third-order valence-electron chi connectivity index (χ3n) is 4.05. The SMILES string of the molecule is CC(C)c1ccc(NC(=O)c2cn[nH]c2S(=O)(=O)Nc2ccc(F)cc2)cc1. The van der Waals surface area contributed by atoms with Gasteiger partial charge in [0.05, 0.1) is 11.8 Å². The fourth-order valence-electron chi connectivity index (χ4n) is 2.51. The number of carbonyl (C=O) groups is 1. The fourth-order valence-corrected chi connectivity index (χ4v) is 3.67. The molecule has 0 aliphatic rings. The summed E-state index contributed by atoms with van der Waals surface area (Å²) >= 11 is 0. The number of aromatic nitrogens is 2. The monoisotopic (exact) mass is 402 g/mol. The number of amides is 1. The van der Waals surface area contributed by atoms with E-state index in [0.29, 0.717) is 11.6 Å². The summed E-state index contributed by atoms with van der Waals surface area (Å²) in [6.45, 7) is 4.12. The topological polar surface area (TPSA) is 104 Å². The Bertz CT molecular complexity index is 1080. The van der Waals surface area contributed by atoms with Crippen LogP contribution in [0.25, 0.3) is 0 Å². The molecule has 0 bridgehead atoms. The van der Waals surface area contributed by atoms with Crippen LogP contribution in [-0.2, 0) is 10.0 Å². The third kappa shape index (κ3) is 4.37. The van der Waals surface area contributed by atoms with Crippen molar-refractivity contribution in [3.8, 4) is 0 Å². The van der Waals surface area contributed by atoms with E-state index in [1.807, 2.05) is 12.1 Å². The lowest BCUT2D eigenvalue weighted by Gasteiger charge is -2.10. The van der Waals surface area contributed by atoms with Gasteiger partial charge in [-0.15, -0.1) is 0 Å². The average Bonchev–Trinajstić information content (AvgIpc) is 3.15. The number of hydrogen-bond acceptors (Lipinski definition) is 4. The van der Waals surface area contributed by atoms with Crippen molar-refractivity contribution < 1.29 is 17.6 Å². The maximum atomic E-state index is 13.0. The second kappa shape index (κ2) is 7.81. The van der Waals surface area contributed by atoms with Crippen molar-refractivity contribution in [2.75, 3.05) is 10.0 Å². The Labute approximate surface area is 162 Å². The molecule has 0 spiro atoms. The van der Waals surface area contributed by atoms with E-state index in [1.165, 1.54) is 12.1 Å². The van der Waals surface area contributed by atoms with Crippen LogP contribution in [0.5, 0.6) is 0 Å². The van der Waals surface area contributed by atoms with Gasteiger partial charge in [0.25, 0.3) is 15.9 Å². The van der Waals surface area contributed by atoms with Gasteiger partial charge in [-0.1, -0.05) is 26.0 Å². The molecule has 0 aliphatic heterocycles. The Morgan fingerprint density at radius 1 is 1.04 bits per heavy atom.